The van der Waals surface area contributed by atoms with E-state index in [4.69, 9.17) is 29.8 Å². The molecule has 1 fully saturated rings. The Morgan fingerprint density at radius 1 is 0.895 bits per heavy atom. The fourth-order valence-corrected chi connectivity index (χ4v) is 9.54. The van der Waals surface area contributed by atoms with Crippen molar-refractivity contribution in [3.63, 3.8) is 0 Å². The third kappa shape index (κ3) is 5.68. The normalized spacial score (nSPS) is 23.2. The second kappa shape index (κ2) is 11.5. The number of ether oxygens (including phenoxy) is 4. The van der Waals surface area contributed by atoms with Crippen LogP contribution in [-0.4, -0.2) is 56.9 Å². The lowest BCUT2D eigenvalue weighted by Gasteiger charge is -2.44. The van der Waals surface area contributed by atoms with Gasteiger partial charge in [0.05, 0.1) is 6.61 Å². The molecule has 0 radical (unpaired) electrons. The standard InChI is InChI=1S/C29H34O8Si/c1-8-29(37-22(4)32)25(36-27(35-21(3)31)26(29)34-20(2)30)19-33-38(28(5,6)7,23-15-11-9-12-16-23)24-17-13-10-14-18-24/h1,9-18,25-27H,19H2,2-7H3/t25-,26+,27?,29-/m1/s1. The number of hydrogen-bond donors (Lipinski definition) is 0. The van der Waals surface area contributed by atoms with Gasteiger partial charge in [-0.05, 0) is 15.4 Å². The van der Waals surface area contributed by atoms with E-state index in [0.29, 0.717) is 0 Å². The first-order valence-corrected chi connectivity index (χ1v) is 14.2. The molecule has 1 aliphatic heterocycles. The molecule has 0 saturated carbocycles. The Hall–Kier alpha value is -3.45. The van der Waals surface area contributed by atoms with Crippen LogP contribution >= 0.6 is 0 Å². The van der Waals surface area contributed by atoms with E-state index in [9.17, 15) is 14.4 Å². The maximum atomic E-state index is 12.2. The Bertz CT molecular complexity index is 1150. The highest BCUT2D eigenvalue weighted by Crippen LogP contribution is 2.41. The summed E-state index contributed by atoms with van der Waals surface area (Å²) < 4.78 is 29.3. The quantitative estimate of drug-likeness (QED) is 0.219. The van der Waals surface area contributed by atoms with Crippen LogP contribution < -0.4 is 10.4 Å². The minimum Gasteiger partial charge on any atom is -0.450 e. The van der Waals surface area contributed by atoms with E-state index < -0.39 is 50.3 Å². The number of benzene rings is 2. The Kier molecular flexibility index (Phi) is 8.82. The van der Waals surface area contributed by atoms with Crippen molar-refractivity contribution in [2.75, 3.05) is 6.61 Å². The predicted molar refractivity (Wildman–Crippen MR) is 143 cm³/mol. The average molecular weight is 539 g/mol. The van der Waals surface area contributed by atoms with Crippen LogP contribution in [0.15, 0.2) is 60.7 Å². The fourth-order valence-electron chi connectivity index (χ4n) is 4.99. The minimum atomic E-state index is -3.04. The van der Waals surface area contributed by atoms with Crippen LogP contribution in [0.3, 0.4) is 0 Å². The summed E-state index contributed by atoms with van der Waals surface area (Å²) in [6.45, 7) is 9.73. The third-order valence-corrected chi connectivity index (χ3v) is 11.4. The minimum absolute atomic E-state index is 0.139. The van der Waals surface area contributed by atoms with Gasteiger partial charge in [-0.1, -0.05) is 87.4 Å². The first kappa shape index (κ1) is 29.1. The van der Waals surface area contributed by atoms with Crippen LogP contribution in [0.25, 0.3) is 0 Å². The largest absolute Gasteiger partial charge is 0.450 e. The van der Waals surface area contributed by atoms with Crippen LogP contribution in [0.2, 0.25) is 5.04 Å². The number of carbonyl (C=O) groups is 3. The molecule has 0 bridgehead atoms. The Balaban J connectivity index is 2.14. The summed E-state index contributed by atoms with van der Waals surface area (Å²) in [5.74, 6) is 0.353. The lowest BCUT2D eigenvalue weighted by Crippen LogP contribution is -2.67. The monoisotopic (exact) mass is 538 g/mol. The summed E-state index contributed by atoms with van der Waals surface area (Å²) in [7, 11) is -3.04. The van der Waals surface area contributed by atoms with Gasteiger partial charge < -0.3 is 23.4 Å². The van der Waals surface area contributed by atoms with E-state index in [1.54, 1.807) is 0 Å². The van der Waals surface area contributed by atoms with Gasteiger partial charge >= 0.3 is 17.9 Å². The zero-order valence-electron chi connectivity index (χ0n) is 22.6. The molecule has 0 amide bonds. The zero-order chi connectivity index (χ0) is 28.1. The van der Waals surface area contributed by atoms with Crippen LogP contribution in [0.5, 0.6) is 0 Å². The molecule has 8 nitrogen and oxygen atoms in total. The Labute approximate surface area is 224 Å². The highest BCUT2D eigenvalue weighted by molar-refractivity contribution is 6.99. The Morgan fingerprint density at radius 3 is 1.79 bits per heavy atom. The van der Waals surface area contributed by atoms with E-state index in [1.807, 2.05) is 60.7 Å². The second-order valence-corrected chi connectivity index (χ2v) is 14.4. The van der Waals surface area contributed by atoms with Gasteiger partial charge in [-0.15, -0.1) is 6.42 Å². The molecule has 0 spiro atoms. The van der Waals surface area contributed by atoms with Gasteiger partial charge in [-0.2, -0.15) is 0 Å². The van der Waals surface area contributed by atoms with Gasteiger partial charge in [0, 0.05) is 20.8 Å². The predicted octanol–water partition coefficient (Wildman–Crippen LogP) is 2.72. The maximum absolute atomic E-state index is 12.2. The van der Waals surface area contributed by atoms with Crippen molar-refractivity contribution in [2.24, 2.45) is 0 Å². The molecule has 9 heteroatoms. The number of carbonyl (C=O) groups excluding carboxylic acids is 3. The summed E-state index contributed by atoms with van der Waals surface area (Å²) >= 11 is 0. The van der Waals surface area contributed by atoms with Crippen LogP contribution in [-0.2, 0) is 37.8 Å². The Morgan fingerprint density at radius 2 is 1.39 bits per heavy atom. The maximum Gasteiger partial charge on any atom is 0.305 e. The van der Waals surface area contributed by atoms with Crippen molar-refractivity contribution in [1.29, 1.82) is 0 Å². The molecule has 202 valence electrons. The van der Waals surface area contributed by atoms with Gasteiger partial charge in [0.25, 0.3) is 8.32 Å². The second-order valence-electron chi connectivity index (χ2n) is 10.1. The van der Waals surface area contributed by atoms with Crippen molar-refractivity contribution in [3.8, 4) is 12.3 Å². The number of esters is 3. The number of rotatable bonds is 8. The first-order valence-electron chi connectivity index (χ1n) is 12.3. The molecule has 3 rings (SSSR count). The topological polar surface area (TPSA) is 97.4 Å². The van der Waals surface area contributed by atoms with E-state index in [-0.39, 0.29) is 11.6 Å². The molecule has 0 N–H and O–H groups in total. The average Bonchev–Trinajstić information content (AvgIpc) is 3.10. The molecule has 38 heavy (non-hydrogen) atoms. The van der Waals surface area contributed by atoms with Crippen molar-refractivity contribution in [2.45, 2.75) is 70.7 Å². The summed E-state index contributed by atoms with van der Waals surface area (Å²) in [6, 6.07) is 19.8. The smallest absolute Gasteiger partial charge is 0.305 e. The zero-order valence-corrected chi connectivity index (χ0v) is 23.6. The molecular weight excluding hydrogens is 504 g/mol. The van der Waals surface area contributed by atoms with Gasteiger partial charge in [-0.25, -0.2) is 0 Å². The summed E-state index contributed by atoms with van der Waals surface area (Å²) in [4.78, 5) is 36.1. The first-order chi connectivity index (χ1) is 17.9. The number of terminal acetylenes is 1. The molecule has 1 unspecified atom stereocenters. The molecule has 1 aliphatic rings. The molecule has 4 atom stereocenters. The van der Waals surface area contributed by atoms with Gasteiger partial charge in [0.2, 0.25) is 18.0 Å². The van der Waals surface area contributed by atoms with Crippen molar-refractivity contribution in [1.82, 2.24) is 0 Å². The molecule has 0 aromatic heterocycles. The van der Waals surface area contributed by atoms with E-state index in [0.717, 1.165) is 10.4 Å². The highest BCUT2D eigenvalue weighted by Gasteiger charge is 2.63. The lowest BCUT2D eigenvalue weighted by molar-refractivity contribution is -0.197. The van der Waals surface area contributed by atoms with Gasteiger partial charge in [0.1, 0.15) is 6.10 Å². The summed E-state index contributed by atoms with van der Waals surface area (Å²) in [6.07, 6.45) is 2.01. The van der Waals surface area contributed by atoms with E-state index >= 15 is 0 Å². The van der Waals surface area contributed by atoms with Gasteiger partial charge in [0.15, 0.2) is 0 Å². The van der Waals surface area contributed by atoms with Crippen molar-refractivity contribution < 1.29 is 37.8 Å². The molecule has 1 saturated heterocycles. The highest BCUT2D eigenvalue weighted by atomic mass is 28.4. The number of hydrogen-bond acceptors (Lipinski definition) is 8. The van der Waals surface area contributed by atoms with E-state index in [1.165, 1.54) is 20.8 Å². The fraction of sp³-hybridized carbons (Fsp3) is 0.414. The SMILES string of the molecule is C#C[C@@]1(OC(C)=O)[C@@H](CO[Si](c2ccccc2)(c2ccccc2)C(C)(C)C)OC(OC(C)=O)[C@@H]1OC(C)=O. The summed E-state index contributed by atoms with van der Waals surface area (Å²) in [5.41, 5.74) is -1.90. The van der Waals surface area contributed by atoms with Crippen LogP contribution in [0, 0.1) is 12.3 Å². The molecular formula is C29H34O8Si. The third-order valence-electron chi connectivity index (χ3n) is 6.43. The van der Waals surface area contributed by atoms with Crippen LogP contribution in [0.1, 0.15) is 41.5 Å². The molecule has 1 heterocycles. The molecule has 2 aromatic rings. The summed E-state index contributed by atoms with van der Waals surface area (Å²) in [5, 5.41) is 1.67. The van der Waals surface area contributed by atoms with Crippen LogP contribution in [0.4, 0.5) is 0 Å². The van der Waals surface area contributed by atoms with Crippen molar-refractivity contribution in [3.05, 3.63) is 60.7 Å². The van der Waals surface area contributed by atoms with Gasteiger partial charge in [-0.3, -0.25) is 14.4 Å². The molecule has 2 aromatic carbocycles. The lowest BCUT2D eigenvalue weighted by atomic mass is 9.93. The van der Waals surface area contributed by atoms with Crippen molar-refractivity contribution >= 4 is 36.6 Å². The van der Waals surface area contributed by atoms with E-state index in [2.05, 4.69) is 26.7 Å². The molecule has 0 aliphatic carbocycles.